The van der Waals surface area contributed by atoms with Crippen molar-refractivity contribution in [3.63, 3.8) is 0 Å². The minimum atomic E-state index is -0.0549. The first kappa shape index (κ1) is 19.7. The van der Waals surface area contributed by atoms with E-state index in [9.17, 15) is 4.79 Å². The molecule has 7 heteroatoms. The quantitative estimate of drug-likeness (QED) is 0.620. The number of carbonyl (C=O) groups excluding carboxylic acids is 1. The summed E-state index contributed by atoms with van der Waals surface area (Å²) in [4.78, 5) is 19.8. The molecule has 0 N–H and O–H groups in total. The van der Waals surface area contributed by atoms with Crippen LogP contribution in [0.1, 0.15) is 49.2 Å². The fourth-order valence-corrected chi connectivity index (χ4v) is 4.57. The molecule has 0 bridgehead atoms. The second-order valence-electron chi connectivity index (χ2n) is 7.72. The van der Waals surface area contributed by atoms with Crippen molar-refractivity contribution in [3.8, 4) is 11.4 Å². The van der Waals surface area contributed by atoms with Gasteiger partial charge in [-0.1, -0.05) is 11.6 Å². The van der Waals surface area contributed by atoms with Gasteiger partial charge in [-0.15, -0.1) is 0 Å². The summed E-state index contributed by atoms with van der Waals surface area (Å²) in [5.74, 6) is 0.714. The maximum atomic E-state index is 13.3. The molecule has 0 saturated carbocycles. The average molecular weight is 413 g/mol. The highest BCUT2D eigenvalue weighted by atomic mass is 35.5. The van der Waals surface area contributed by atoms with E-state index in [0.29, 0.717) is 21.6 Å². The summed E-state index contributed by atoms with van der Waals surface area (Å²) in [6.45, 7) is 6.08. The smallest absolute Gasteiger partial charge is 0.257 e. The molecule has 6 nitrogen and oxygen atoms in total. The molecule has 3 aromatic rings. The molecule has 29 heavy (non-hydrogen) atoms. The Morgan fingerprint density at radius 1 is 1.17 bits per heavy atom. The topological polar surface area (TPSA) is 60.3 Å². The van der Waals surface area contributed by atoms with Crippen LogP contribution in [0.2, 0.25) is 5.02 Å². The molecule has 2 aromatic heterocycles. The highest BCUT2D eigenvalue weighted by Gasteiger charge is 2.32. The van der Waals surface area contributed by atoms with Gasteiger partial charge < -0.3 is 9.64 Å². The van der Waals surface area contributed by atoms with Crippen LogP contribution < -0.4 is 4.74 Å². The van der Waals surface area contributed by atoms with E-state index >= 15 is 0 Å². The second-order valence-corrected chi connectivity index (χ2v) is 8.10. The van der Waals surface area contributed by atoms with Gasteiger partial charge in [-0.05, 0) is 64.3 Å². The van der Waals surface area contributed by atoms with E-state index in [1.54, 1.807) is 18.0 Å². The van der Waals surface area contributed by atoms with Gasteiger partial charge in [0.25, 0.3) is 5.91 Å². The van der Waals surface area contributed by atoms with Crippen LogP contribution in [0.4, 0.5) is 0 Å². The van der Waals surface area contributed by atoms with Crippen molar-refractivity contribution in [3.05, 3.63) is 46.7 Å². The fraction of sp³-hybridized carbons (Fsp3) is 0.409. The molecule has 1 fully saturated rings. The summed E-state index contributed by atoms with van der Waals surface area (Å²) in [7, 11) is 1.63. The average Bonchev–Trinajstić information content (AvgIpc) is 3.05. The molecule has 0 aliphatic carbocycles. The Morgan fingerprint density at radius 3 is 2.45 bits per heavy atom. The minimum Gasteiger partial charge on any atom is -0.497 e. The number of ether oxygens (including phenoxy) is 1. The van der Waals surface area contributed by atoms with E-state index < -0.39 is 0 Å². The summed E-state index contributed by atoms with van der Waals surface area (Å²) in [6, 6.07) is 7.96. The van der Waals surface area contributed by atoms with Gasteiger partial charge in [-0.25, -0.2) is 9.67 Å². The van der Waals surface area contributed by atoms with Gasteiger partial charge in [0.1, 0.15) is 5.75 Å². The van der Waals surface area contributed by atoms with Crippen LogP contribution in [0.3, 0.4) is 0 Å². The minimum absolute atomic E-state index is 0.0549. The van der Waals surface area contributed by atoms with Gasteiger partial charge in [-0.2, -0.15) is 5.10 Å². The van der Waals surface area contributed by atoms with Crippen LogP contribution in [0.5, 0.6) is 5.75 Å². The van der Waals surface area contributed by atoms with Gasteiger partial charge in [-0.3, -0.25) is 4.79 Å². The van der Waals surface area contributed by atoms with Gasteiger partial charge in [0.05, 0.1) is 34.5 Å². The normalized spacial score (nSPS) is 19.6. The zero-order chi connectivity index (χ0) is 20.7. The molecule has 1 aliphatic heterocycles. The lowest BCUT2D eigenvalue weighted by Gasteiger charge is -2.39. The van der Waals surface area contributed by atoms with Gasteiger partial charge >= 0.3 is 0 Å². The molecule has 4 rings (SSSR count). The van der Waals surface area contributed by atoms with Crippen molar-refractivity contribution >= 4 is 28.5 Å². The molecule has 1 saturated heterocycles. The maximum Gasteiger partial charge on any atom is 0.257 e. The number of rotatable bonds is 3. The van der Waals surface area contributed by atoms with Gasteiger partial charge in [0.15, 0.2) is 5.65 Å². The lowest BCUT2D eigenvalue weighted by molar-refractivity contribution is 0.0510. The third kappa shape index (κ3) is 3.35. The monoisotopic (exact) mass is 412 g/mol. The first-order valence-corrected chi connectivity index (χ1v) is 10.3. The number of methoxy groups -OCH3 is 1. The second kappa shape index (κ2) is 7.67. The number of aryl methyl sites for hydroxylation is 1. The first-order valence-electron chi connectivity index (χ1n) is 9.93. The summed E-state index contributed by atoms with van der Waals surface area (Å²) >= 11 is 6.74. The zero-order valence-electron chi connectivity index (χ0n) is 17.1. The summed E-state index contributed by atoms with van der Waals surface area (Å²) in [5, 5.41) is 5.76. The molecule has 0 spiro atoms. The lowest BCUT2D eigenvalue weighted by Crippen LogP contribution is -2.47. The number of carbonyl (C=O) groups is 1. The number of amides is 1. The summed E-state index contributed by atoms with van der Waals surface area (Å²) in [6.07, 6.45) is 4.75. The Morgan fingerprint density at radius 2 is 1.83 bits per heavy atom. The Bertz CT molecular complexity index is 1050. The molecule has 1 amide bonds. The standard InChI is InChI=1S/C22H25ClN4O2/c1-13-6-5-7-14(2)26(13)22(28)18-12-24-21-19(20(18)23)15(3)25-27(21)16-8-10-17(29-4)11-9-16/h8-14H,5-7H2,1-4H3/t13-,14-/m0/s1. The fourth-order valence-electron chi connectivity index (χ4n) is 4.22. The van der Waals surface area contributed by atoms with Gasteiger partial charge in [0.2, 0.25) is 0 Å². The van der Waals surface area contributed by atoms with Crippen molar-refractivity contribution in [2.75, 3.05) is 7.11 Å². The van der Waals surface area contributed by atoms with Crippen molar-refractivity contribution in [2.24, 2.45) is 0 Å². The molecule has 3 heterocycles. The Hall–Kier alpha value is -2.60. The molecular weight excluding hydrogens is 388 g/mol. The number of benzene rings is 1. The molecular formula is C22H25ClN4O2. The predicted molar refractivity (Wildman–Crippen MR) is 114 cm³/mol. The van der Waals surface area contributed by atoms with Crippen molar-refractivity contribution < 1.29 is 9.53 Å². The number of hydrogen-bond donors (Lipinski definition) is 0. The molecule has 0 radical (unpaired) electrons. The first-order chi connectivity index (χ1) is 13.9. The predicted octanol–water partition coefficient (Wildman–Crippen LogP) is 4.79. The maximum absolute atomic E-state index is 13.3. The number of halogens is 1. The largest absolute Gasteiger partial charge is 0.497 e. The van der Waals surface area contributed by atoms with E-state index in [-0.39, 0.29) is 18.0 Å². The van der Waals surface area contributed by atoms with Crippen molar-refractivity contribution in [2.45, 2.75) is 52.1 Å². The van der Waals surface area contributed by atoms with Gasteiger partial charge in [0, 0.05) is 18.3 Å². The Labute approximate surface area is 175 Å². The number of piperidine rings is 1. The highest BCUT2D eigenvalue weighted by Crippen LogP contribution is 2.33. The molecule has 152 valence electrons. The Kier molecular flexibility index (Phi) is 5.21. The number of pyridine rings is 1. The molecule has 1 aromatic carbocycles. The number of nitrogens with zero attached hydrogens (tertiary/aromatic N) is 4. The number of likely N-dealkylation sites (tertiary alicyclic amines) is 1. The zero-order valence-corrected chi connectivity index (χ0v) is 17.9. The number of aromatic nitrogens is 3. The van der Waals surface area contributed by atoms with E-state index in [0.717, 1.165) is 36.4 Å². The Balaban J connectivity index is 1.78. The van der Waals surface area contributed by atoms with Crippen LogP contribution in [0, 0.1) is 6.92 Å². The molecule has 1 aliphatic rings. The number of fused-ring (bicyclic) bond motifs is 1. The van der Waals surface area contributed by atoms with Crippen LogP contribution in [0.15, 0.2) is 30.5 Å². The van der Waals surface area contributed by atoms with Crippen LogP contribution in [-0.2, 0) is 0 Å². The molecule has 2 atom stereocenters. The van der Waals surface area contributed by atoms with Crippen molar-refractivity contribution in [1.82, 2.24) is 19.7 Å². The van der Waals surface area contributed by atoms with E-state index in [2.05, 4.69) is 23.9 Å². The van der Waals surface area contributed by atoms with Crippen LogP contribution in [-0.4, -0.2) is 44.8 Å². The van der Waals surface area contributed by atoms with E-state index in [1.165, 1.54) is 0 Å². The van der Waals surface area contributed by atoms with Crippen LogP contribution >= 0.6 is 11.6 Å². The highest BCUT2D eigenvalue weighted by molar-refractivity contribution is 6.38. The van der Waals surface area contributed by atoms with Crippen LogP contribution in [0.25, 0.3) is 16.7 Å². The lowest BCUT2D eigenvalue weighted by atomic mass is 9.96. The number of hydrogen-bond acceptors (Lipinski definition) is 4. The van der Waals surface area contributed by atoms with Crippen molar-refractivity contribution in [1.29, 1.82) is 0 Å². The summed E-state index contributed by atoms with van der Waals surface area (Å²) in [5.41, 5.74) is 2.67. The SMILES string of the molecule is COc1ccc(-n2nc(C)c3c(Cl)c(C(=O)N4[C@@H](C)CCC[C@@H]4C)cnc32)cc1. The molecule has 0 unspecified atom stereocenters. The summed E-state index contributed by atoms with van der Waals surface area (Å²) < 4.78 is 6.97. The van der Waals surface area contributed by atoms with E-state index in [1.807, 2.05) is 36.1 Å². The van der Waals surface area contributed by atoms with E-state index in [4.69, 9.17) is 16.3 Å². The third-order valence-electron chi connectivity index (χ3n) is 5.78. The third-order valence-corrected chi connectivity index (χ3v) is 6.18.